The van der Waals surface area contributed by atoms with Crippen molar-refractivity contribution in [3.05, 3.63) is 29.1 Å². The molecule has 0 unspecified atom stereocenters. The fraction of sp³-hybridized carbons (Fsp3) is 0.312. The molecule has 1 amide bonds. The van der Waals surface area contributed by atoms with Crippen molar-refractivity contribution in [2.75, 3.05) is 11.4 Å². The number of guanidine groups is 1. The Morgan fingerprint density at radius 2 is 2.17 bits per heavy atom. The first-order valence-corrected chi connectivity index (χ1v) is 8.39. The van der Waals surface area contributed by atoms with Gasteiger partial charge in [0.1, 0.15) is 5.69 Å². The van der Waals surface area contributed by atoms with Gasteiger partial charge in [-0.3, -0.25) is 4.79 Å². The van der Waals surface area contributed by atoms with Crippen LogP contribution < -0.4 is 21.4 Å². The third-order valence-corrected chi connectivity index (χ3v) is 4.54. The number of hydrogen-bond donors (Lipinski definition) is 3. The number of nitrogens with zero attached hydrogens (tertiary/aromatic N) is 2. The first-order valence-electron chi connectivity index (χ1n) is 7.51. The number of hydrogen-bond acceptors (Lipinski definition) is 3. The molecule has 1 aromatic carbocycles. The number of rotatable bonds is 3. The number of thiazole rings is 1. The molecular weight excluding hydrogens is 310 g/mol. The van der Waals surface area contributed by atoms with E-state index < -0.39 is 0 Å². The van der Waals surface area contributed by atoms with Gasteiger partial charge in [-0.25, -0.2) is 4.99 Å². The average molecular weight is 330 g/mol. The molecule has 0 bridgehead atoms. The van der Waals surface area contributed by atoms with Crippen LogP contribution in [-0.2, 0) is 11.2 Å². The Bertz CT molecular complexity index is 777. The van der Waals surface area contributed by atoms with Crippen molar-refractivity contribution in [2.24, 2.45) is 17.4 Å². The van der Waals surface area contributed by atoms with Gasteiger partial charge in [0, 0.05) is 29.1 Å². The maximum absolute atomic E-state index is 12.2. The smallest absolute Gasteiger partial charge is 0.303 e. The lowest BCUT2D eigenvalue weighted by Crippen LogP contribution is -2.72. The molecule has 0 saturated carbocycles. The van der Waals surface area contributed by atoms with Crippen LogP contribution >= 0.6 is 11.3 Å². The summed E-state index contributed by atoms with van der Waals surface area (Å²) in [6, 6.07) is 6.12. The Balaban J connectivity index is 1.89. The summed E-state index contributed by atoms with van der Waals surface area (Å²) >= 11 is 1.45. The topological polar surface area (TPSA) is 99.2 Å². The van der Waals surface area contributed by atoms with Crippen LogP contribution in [0, 0.1) is 5.92 Å². The zero-order valence-corrected chi connectivity index (χ0v) is 14.0. The molecule has 5 N–H and O–H groups in total. The van der Waals surface area contributed by atoms with Gasteiger partial charge in [0.25, 0.3) is 5.13 Å². The Morgan fingerprint density at radius 1 is 1.39 bits per heavy atom. The molecule has 1 aliphatic rings. The quantitative estimate of drug-likeness (QED) is 0.558. The Hall–Kier alpha value is -2.41. The molecule has 23 heavy (non-hydrogen) atoms. The van der Waals surface area contributed by atoms with E-state index in [4.69, 9.17) is 11.5 Å². The first-order chi connectivity index (χ1) is 11.0. The number of carbonyl (C=O) groups is 1. The molecule has 120 valence electrons. The molecule has 6 nitrogen and oxygen atoms in total. The van der Waals surface area contributed by atoms with Gasteiger partial charge in [-0.15, -0.1) is 4.98 Å². The number of fused-ring (bicyclic) bond motifs is 1. The Morgan fingerprint density at radius 3 is 2.87 bits per heavy atom. The zero-order chi connectivity index (χ0) is 16.6. The second-order valence-corrected chi connectivity index (χ2v) is 6.71. The second kappa shape index (κ2) is 6.00. The number of nitrogens with two attached hydrogens (primary N) is 2. The average Bonchev–Trinajstić information content (AvgIpc) is 3.11. The minimum atomic E-state index is 0.00534. The van der Waals surface area contributed by atoms with E-state index >= 15 is 0 Å². The first kappa shape index (κ1) is 15.5. The van der Waals surface area contributed by atoms with Crippen LogP contribution in [0.15, 0.2) is 23.6 Å². The number of anilines is 1. The van der Waals surface area contributed by atoms with E-state index in [0.717, 1.165) is 29.9 Å². The van der Waals surface area contributed by atoms with Gasteiger partial charge in [0.2, 0.25) is 5.91 Å². The predicted octanol–water partition coefficient (Wildman–Crippen LogP) is 0.341. The highest BCUT2D eigenvalue weighted by molar-refractivity contribution is 7.13. The van der Waals surface area contributed by atoms with Crippen molar-refractivity contribution in [3.63, 3.8) is 0 Å². The van der Waals surface area contributed by atoms with E-state index in [9.17, 15) is 4.79 Å². The third-order valence-electron chi connectivity index (χ3n) is 3.79. The molecule has 1 aromatic heterocycles. The van der Waals surface area contributed by atoms with Gasteiger partial charge in [-0.1, -0.05) is 25.2 Å². The van der Waals surface area contributed by atoms with Gasteiger partial charge in [0.15, 0.2) is 0 Å². The summed E-state index contributed by atoms with van der Waals surface area (Å²) in [6.45, 7) is 4.61. The molecule has 0 fully saturated rings. The van der Waals surface area contributed by atoms with Crippen LogP contribution in [-0.4, -0.2) is 23.4 Å². The van der Waals surface area contributed by atoms with Crippen LogP contribution in [0.2, 0.25) is 0 Å². The standard InChI is InChI=1S/C16H19N5OS/c1-9(2)14(22)21-6-5-11-7-10(3-4-13(11)21)12-8-23-16(19-12)20-15(17)18/h3-4,7-9H,5-6H2,1-2H3,(H4,17,18,19,20)/p+1. The minimum absolute atomic E-state index is 0.00534. The molecule has 0 radical (unpaired) electrons. The van der Waals surface area contributed by atoms with Crippen LogP contribution in [0.1, 0.15) is 19.4 Å². The highest BCUT2D eigenvalue weighted by atomic mass is 32.1. The van der Waals surface area contributed by atoms with E-state index in [1.807, 2.05) is 36.3 Å². The molecule has 2 aromatic rings. The highest BCUT2D eigenvalue weighted by Crippen LogP contribution is 2.33. The Labute approximate surface area is 138 Å². The number of benzene rings is 1. The SMILES string of the molecule is CC(C)C(=O)N1CCc2cc(-c3csc([NH+]=C(N)N)n3)ccc21. The highest BCUT2D eigenvalue weighted by Gasteiger charge is 2.26. The molecule has 7 heteroatoms. The zero-order valence-electron chi connectivity index (χ0n) is 13.2. The van der Waals surface area contributed by atoms with Gasteiger partial charge >= 0.3 is 5.96 Å². The van der Waals surface area contributed by atoms with Crippen molar-refractivity contribution < 1.29 is 9.79 Å². The lowest BCUT2D eigenvalue weighted by atomic mass is 10.1. The maximum atomic E-state index is 12.2. The summed E-state index contributed by atoms with van der Waals surface area (Å²) in [5.41, 5.74) is 15.0. The molecule has 0 atom stereocenters. The molecular formula is C16H20N5OS+. The number of amides is 1. The summed E-state index contributed by atoms with van der Waals surface area (Å²) < 4.78 is 0. The summed E-state index contributed by atoms with van der Waals surface area (Å²) in [6.07, 6.45) is 0.875. The fourth-order valence-electron chi connectivity index (χ4n) is 2.69. The van der Waals surface area contributed by atoms with Crippen LogP contribution in [0.25, 0.3) is 11.3 Å². The number of aromatic nitrogens is 1. The van der Waals surface area contributed by atoms with Crippen LogP contribution in [0.3, 0.4) is 0 Å². The molecule has 0 saturated heterocycles. The normalized spacial score (nSPS) is 13.3. The Kier molecular flexibility index (Phi) is 4.04. The summed E-state index contributed by atoms with van der Waals surface area (Å²) in [5.74, 6) is 0.305. The molecule has 0 spiro atoms. The van der Waals surface area contributed by atoms with Crippen molar-refractivity contribution >= 4 is 34.0 Å². The summed E-state index contributed by atoms with van der Waals surface area (Å²) in [4.78, 5) is 21.4. The van der Waals surface area contributed by atoms with Crippen molar-refractivity contribution in [3.8, 4) is 11.3 Å². The predicted molar refractivity (Wildman–Crippen MR) is 92.4 cm³/mol. The minimum Gasteiger partial charge on any atom is -0.312 e. The van der Waals surface area contributed by atoms with E-state index in [-0.39, 0.29) is 17.8 Å². The fourth-order valence-corrected chi connectivity index (χ4v) is 3.43. The number of nitrogens with one attached hydrogen (secondary N) is 1. The van der Waals surface area contributed by atoms with Crippen LogP contribution in [0.5, 0.6) is 0 Å². The lowest BCUT2D eigenvalue weighted by Gasteiger charge is -2.19. The van der Waals surface area contributed by atoms with Gasteiger partial charge < -0.3 is 16.4 Å². The largest absolute Gasteiger partial charge is 0.312 e. The maximum Gasteiger partial charge on any atom is 0.303 e. The van der Waals surface area contributed by atoms with Crippen LogP contribution in [0.4, 0.5) is 10.8 Å². The van der Waals surface area contributed by atoms with Crippen molar-refractivity contribution in [1.29, 1.82) is 0 Å². The second-order valence-electron chi connectivity index (χ2n) is 5.86. The molecule has 1 aliphatic heterocycles. The summed E-state index contributed by atoms with van der Waals surface area (Å²) in [5, 5.41) is 2.62. The van der Waals surface area contributed by atoms with Crippen molar-refractivity contribution in [1.82, 2.24) is 4.98 Å². The monoisotopic (exact) mass is 330 g/mol. The molecule has 2 heterocycles. The number of carbonyl (C=O) groups excluding carboxylic acids is 1. The lowest BCUT2D eigenvalue weighted by molar-refractivity contribution is -0.355. The molecule has 0 aliphatic carbocycles. The van der Waals surface area contributed by atoms with E-state index in [1.165, 1.54) is 16.9 Å². The van der Waals surface area contributed by atoms with Crippen molar-refractivity contribution in [2.45, 2.75) is 20.3 Å². The van der Waals surface area contributed by atoms with Gasteiger partial charge in [-0.05, 0) is 30.2 Å². The van der Waals surface area contributed by atoms with Gasteiger partial charge in [-0.2, -0.15) is 0 Å². The third kappa shape index (κ3) is 3.05. The van der Waals surface area contributed by atoms with E-state index in [1.54, 1.807) is 0 Å². The summed E-state index contributed by atoms with van der Waals surface area (Å²) in [7, 11) is 0. The molecule has 3 rings (SSSR count). The van der Waals surface area contributed by atoms with E-state index in [2.05, 4.69) is 16.0 Å². The van der Waals surface area contributed by atoms with Gasteiger partial charge in [0.05, 0.1) is 0 Å². The van der Waals surface area contributed by atoms with E-state index in [0.29, 0.717) is 5.13 Å².